The lowest BCUT2D eigenvalue weighted by atomic mass is 10.1. The van der Waals surface area contributed by atoms with Crippen molar-refractivity contribution in [3.8, 4) is 23.1 Å². The number of likely N-dealkylation sites (tertiary alicyclic amines) is 1. The fourth-order valence-electron chi connectivity index (χ4n) is 3.45. The average molecular weight is 393 g/mol. The van der Waals surface area contributed by atoms with E-state index in [9.17, 15) is 4.79 Å². The first-order valence-corrected chi connectivity index (χ1v) is 9.53. The van der Waals surface area contributed by atoms with Gasteiger partial charge in [0.05, 0.1) is 13.2 Å². The molecule has 0 atom stereocenters. The highest BCUT2D eigenvalue weighted by molar-refractivity contribution is 5.93. The molecule has 0 bridgehead atoms. The van der Waals surface area contributed by atoms with Crippen LogP contribution in [0.2, 0.25) is 0 Å². The number of imidazole rings is 1. The Kier molecular flexibility index (Phi) is 5.53. The predicted octanol–water partition coefficient (Wildman–Crippen LogP) is 2.59. The van der Waals surface area contributed by atoms with Crippen molar-refractivity contribution in [2.24, 2.45) is 0 Å². The molecule has 0 saturated carbocycles. The van der Waals surface area contributed by atoms with Crippen LogP contribution in [0.15, 0.2) is 48.9 Å². The molecule has 0 aromatic carbocycles. The predicted molar refractivity (Wildman–Crippen MR) is 107 cm³/mol. The van der Waals surface area contributed by atoms with E-state index in [-0.39, 0.29) is 12.0 Å². The first-order chi connectivity index (χ1) is 14.2. The molecule has 4 heterocycles. The second-order valence-corrected chi connectivity index (χ2v) is 6.82. The second kappa shape index (κ2) is 8.40. The van der Waals surface area contributed by atoms with Crippen LogP contribution >= 0.6 is 0 Å². The first kappa shape index (κ1) is 19.1. The molecule has 1 saturated heterocycles. The molecule has 8 nitrogen and oxygen atoms in total. The first-order valence-electron chi connectivity index (χ1n) is 9.53. The Labute approximate surface area is 169 Å². The monoisotopic (exact) mass is 393 g/mol. The fraction of sp³-hybridized carbons (Fsp3) is 0.333. The molecule has 1 aliphatic rings. The lowest BCUT2D eigenvalue weighted by Gasteiger charge is -2.30. The van der Waals surface area contributed by atoms with E-state index in [1.165, 1.54) is 0 Å². The van der Waals surface area contributed by atoms with Crippen LogP contribution in [0.25, 0.3) is 17.2 Å². The van der Waals surface area contributed by atoms with Gasteiger partial charge in [-0.3, -0.25) is 9.36 Å². The summed E-state index contributed by atoms with van der Waals surface area (Å²) in [5.41, 5.74) is 1.16. The third-order valence-electron chi connectivity index (χ3n) is 5.09. The van der Waals surface area contributed by atoms with E-state index in [1.54, 1.807) is 38.9 Å². The molecule has 150 valence electrons. The van der Waals surface area contributed by atoms with E-state index in [1.807, 2.05) is 33.7 Å². The molecule has 0 spiro atoms. The number of hydrogen-bond donors (Lipinski definition) is 0. The molecule has 1 amide bonds. The Balaban J connectivity index is 1.68. The van der Waals surface area contributed by atoms with Crippen molar-refractivity contribution < 1.29 is 14.3 Å². The van der Waals surface area contributed by atoms with Gasteiger partial charge in [-0.1, -0.05) is 6.07 Å². The molecule has 4 rings (SSSR count). The summed E-state index contributed by atoms with van der Waals surface area (Å²) in [5, 5.41) is 0. The summed E-state index contributed by atoms with van der Waals surface area (Å²) in [6.07, 6.45) is 7.01. The number of pyridine rings is 2. The lowest BCUT2D eigenvalue weighted by Crippen LogP contribution is -2.40. The van der Waals surface area contributed by atoms with Crippen LogP contribution in [-0.4, -0.2) is 63.7 Å². The van der Waals surface area contributed by atoms with Gasteiger partial charge in [-0.2, -0.15) is 0 Å². The largest absolute Gasteiger partial charge is 0.481 e. The standard InChI is InChI=1S/C21H23N5O3/c1-28-16-8-11-25(12-9-16)21(27)17-14-26(18-5-3-4-10-22-18)20(24-17)15-6-7-19(29-2)23-13-15/h3-7,10,13-14,16H,8-9,11-12H2,1-2H3. The maximum absolute atomic E-state index is 13.1. The molecule has 3 aromatic heterocycles. The molecule has 1 aliphatic heterocycles. The highest BCUT2D eigenvalue weighted by atomic mass is 16.5. The van der Waals surface area contributed by atoms with Gasteiger partial charge >= 0.3 is 0 Å². The molecule has 0 N–H and O–H groups in total. The average Bonchev–Trinajstić information content (AvgIpc) is 3.25. The van der Waals surface area contributed by atoms with Gasteiger partial charge in [0.25, 0.3) is 5.91 Å². The number of nitrogens with zero attached hydrogens (tertiary/aromatic N) is 5. The van der Waals surface area contributed by atoms with Crippen LogP contribution < -0.4 is 4.74 Å². The Hall–Kier alpha value is -3.26. The van der Waals surface area contributed by atoms with Gasteiger partial charge in [0.15, 0.2) is 0 Å². The minimum atomic E-state index is -0.0862. The number of hydrogen-bond acceptors (Lipinski definition) is 6. The van der Waals surface area contributed by atoms with Crippen molar-refractivity contribution in [1.29, 1.82) is 0 Å². The minimum Gasteiger partial charge on any atom is -0.481 e. The van der Waals surface area contributed by atoms with Gasteiger partial charge in [-0.05, 0) is 31.0 Å². The van der Waals surface area contributed by atoms with Gasteiger partial charge in [-0.25, -0.2) is 15.0 Å². The van der Waals surface area contributed by atoms with Crippen LogP contribution in [0.5, 0.6) is 5.88 Å². The Bertz CT molecular complexity index is 964. The maximum atomic E-state index is 13.1. The molecule has 3 aromatic rings. The lowest BCUT2D eigenvalue weighted by molar-refractivity contribution is 0.0348. The molecule has 0 aliphatic carbocycles. The van der Waals surface area contributed by atoms with Crippen molar-refractivity contribution in [2.45, 2.75) is 18.9 Å². The third kappa shape index (κ3) is 3.97. The zero-order chi connectivity index (χ0) is 20.2. The van der Waals surface area contributed by atoms with E-state index in [0.29, 0.717) is 36.3 Å². The second-order valence-electron chi connectivity index (χ2n) is 6.82. The van der Waals surface area contributed by atoms with Crippen molar-refractivity contribution in [3.63, 3.8) is 0 Å². The molecule has 8 heteroatoms. The molecule has 29 heavy (non-hydrogen) atoms. The Morgan fingerprint density at radius 2 is 1.93 bits per heavy atom. The summed E-state index contributed by atoms with van der Waals surface area (Å²) in [5.74, 6) is 1.72. The summed E-state index contributed by atoms with van der Waals surface area (Å²) in [4.78, 5) is 28.2. The number of aromatic nitrogens is 4. The van der Waals surface area contributed by atoms with Crippen LogP contribution in [0, 0.1) is 0 Å². The van der Waals surface area contributed by atoms with E-state index >= 15 is 0 Å². The topological polar surface area (TPSA) is 82.4 Å². The van der Waals surface area contributed by atoms with E-state index in [0.717, 1.165) is 18.4 Å². The summed E-state index contributed by atoms with van der Waals surface area (Å²) < 4.78 is 12.4. The molecule has 0 radical (unpaired) electrons. The number of carbonyl (C=O) groups excluding carboxylic acids is 1. The number of amides is 1. The Morgan fingerprint density at radius 3 is 2.55 bits per heavy atom. The van der Waals surface area contributed by atoms with Gasteiger partial charge in [0, 0.05) is 50.4 Å². The number of rotatable bonds is 5. The molecular weight excluding hydrogens is 370 g/mol. The van der Waals surface area contributed by atoms with Crippen molar-refractivity contribution >= 4 is 5.91 Å². The summed E-state index contributed by atoms with van der Waals surface area (Å²) >= 11 is 0. The zero-order valence-electron chi connectivity index (χ0n) is 16.5. The quantitative estimate of drug-likeness (QED) is 0.663. The molecule has 1 fully saturated rings. The summed E-state index contributed by atoms with van der Waals surface area (Å²) in [7, 11) is 3.28. The molecular formula is C21H23N5O3. The van der Waals surface area contributed by atoms with Crippen LogP contribution in [-0.2, 0) is 4.74 Å². The van der Waals surface area contributed by atoms with E-state index in [4.69, 9.17) is 9.47 Å². The summed E-state index contributed by atoms with van der Waals surface area (Å²) in [6, 6.07) is 9.26. The van der Waals surface area contributed by atoms with Gasteiger partial charge in [-0.15, -0.1) is 0 Å². The van der Waals surface area contributed by atoms with Gasteiger partial charge in [0.2, 0.25) is 5.88 Å². The smallest absolute Gasteiger partial charge is 0.274 e. The SMILES string of the molecule is COc1ccc(-c2nc(C(=O)N3CCC(OC)CC3)cn2-c2ccccn2)cn1. The van der Waals surface area contributed by atoms with Crippen molar-refractivity contribution in [1.82, 2.24) is 24.4 Å². The van der Waals surface area contributed by atoms with E-state index < -0.39 is 0 Å². The van der Waals surface area contributed by atoms with Crippen molar-refractivity contribution in [2.75, 3.05) is 27.3 Å². The number of piperidine rings is 1. The normalized spacial score (nSPS) is 14.8. The molecule has 0 unspecified atom stereocenters. The van der Waals surface area contributed by atoms with Crippen LogP contribution in [0.1, 0.15) is 23.3 Å². The fourth-order valence-corrected chi connectivity index (χ4v) is 3.45. The highest BCUT2D eigenvalue weighted by Gasteiger charge is 2.26. The maximum Gasteiger partial charge on any atom is 0.274 e. The Morgan fingerprint density at radius 1 is 1.10 bits per heavy atom. The number of carbonyl (C=O) groups is 1. The van der Waals surface area contributed by atoms with Crippen molar-refractivity contribution in [3.05, 3.63) is 54.6 Å². The van der Waals surface area contributed by atoms with Crippen LogP contribution in [0.3, 0.4) is 0 Å². The number of methoxy groups -OCH3 is 2. The van der Waals surface area contributed by atoms with Gasteiger partial charge in [0.1, 0.15) is 17.3 Å². The summed E-state index contributed by atoms with van der Waals surface area (Å²) in [6.45, 7) is 1.32. The zero-order valence-corrected chi connectivity index (χ0v) is 16.5. The highest BCUT2D eigenvalue weighted by Crippen LogP contribution is 2.24. The van der Waals surface area contributed by atoms with Crippen LogP contribution in [0.4, 0.5) is 0 Å². The third-order valence-corrected chi connectivity index (χ3v) is 5.09. The van der Waals surface area contributed by atoms with Gasteiger partial charge < -0.3 is 14.4 Å². The number of ether oxygens (including phenoxy) is 2. The minimum absolute atomic E-state index is 0.0862. The van der Waals surface area contributed by atoms with E-state index in [2.05, 4.69) is 15.0 Å².